The lowest BCUT2D eigenvalue weighted by molar-refractivity contribution is 0.0951. The van der Waals surface area contributed by atoms with Gasteiger partial charge in [0.2, 0.25) is 5.75 Å². The van der Waals surface area contributed by atoms with E-state index in [-0.39, 0.29) is 5.91 Å². The second-order valence-corrected chi connectivity index (χ2v) is 6.03. The number of amides is 1. The van der Waals surface area contributed by atoms with Crippen LogP contribution in [0.15, 0.2) is 42.5 Å². The Hall–Kier alpha value is -2.95. The van der Waals surface area contributed by atoms with Crippen LogP contribution in [0.4, 0.5) is 0 Å². The molecule has 0 aliphatic carbocycles. The van der Waals surface area contributed by atoms with E-state index in [0.29, 0.717) is 29.4 Å². The Morgan fingerprint density at radius 3 is 2.15 bits per heavy atom. The Morgan fingerprint density at radius 2 is 1.63 bits per heavy atom. The fourth-order valence-corrected chi connectivity index (χ4v) is 2.65. The van der Waals surface area contributed by atoms with Gasteiger partial charge >= 0.3 is 0 Å². The highest BCUT2D eigenvalue weighted by atomic mass is 16.5. The average molecular weight is 369 g/mol. The molecular formula is C22H27NO4. The Morgan fingerprint density at radius 1 is 1.00 bits per heavy atom. The minimum absolute atomic E-state index is 0.132. The highest BCUT2D eigenvalue weighted by Gasteiger charge is 2.14. The molecule has 0 bridgehead atoms. The quantitative estimate of drug-likeness (QED) is 0.709. The maximum atomic E-state index is 12.4. The van der Waals surface area contributed by atoms with Crippen molar-refractivity contribution >= 4 is 12.0 Å². The van der Waals surface area contributed by atoms with Crippen LogP contribution in [0.25, 0.3) is 6.08 Å². The molecule has 2 rings (SSSR count). The van der Waals surface area contributed by atoms with E-state index in [0.717, 1.165) is 24.0 Å². The van der Waals surface area contributed by atoms with Crippen molar-refractivity contribution in [1.82, 2.24) is 5.32 Å². The summed E-state index contributed by atoms with van der Waals surface area (Å²) in [6.45, 7) is 2.50. The SMILES string of the molecule is CCC/C=C/c1ccc(C(=O)NCc2cc(OC)c(OC)c(OC)c2)cc1. The van der Waals surface area contributed by atoms with E-state index in [9.17, 15) is 4.79 Å². The molecule has 0 unspecified atom stereocenters. The van der Waals surface area contributed by atoms with E-state index < -0.39 is 0 Å². The molecule has 144 valence electrons. The van der Waals surface area contributed by atoms with Crippen LogP contribution >= 0.6 is 0 Å². The first-order valence-corrected chi connectivity index (χ1v) is 8.96. The standard InChI is InChI=1S/C22H27NO4/c1-5-6-7-8-16-9-11-18(12-10-16)22(24)23-15-17-13-19(25-2)21(27-4)20(14-17)26-3/h7-14H,5-6,15H2,1-4H3,(H,23,24)/b8-7+. The van der Waals surface area contributed by atoms with E-state index in [1.54, 1.807) is 21.3 Å². The zero-order chi connectivity index (χ0) is 19.6. The second-order valence-electron chi connectivity index (χ2n) is 6.03. The minimum atomic E-state index is -0.132. The highest BCUT2D eigenvalue weighted by molar-refractivity contribution is 5.94. The van der Waals surface area contributed by atoms with Gasteiger partial charge in [0.05, 0.1) is 21.3 Å². The third kappa shape index (κ3) is 5.51. The number of carbonyl (C=O) groups is 1. The summed E-state index contributed by atoms with van der Waals surface area (Å²) in [6, 6.07) is 11.2. The molecular weight excluding hydrogens is 342 g/mol. The molecule has 0 aliphatic rings. The van der Waals surface area contributed by atoms with Crippen molar-refractivity contribution in [2.45, 2.75) is 26.3 Å². The minimum Gasteiger partial charge on any atom is -0.493 e. The lowest BCUT2D eigenvalue weighted by atomic mass is 10.1. The molecule has 0 saturated heterocycles. The van der Waals surface area contributed by atoms with Crippen molar-refractivity contribution in [3.05, 3.63) is 59.2 Å². The number of hydrogen-bond acceptors (Lipinski definition) is 4. The third-order valence-electron chi connectivity index (χ3n) is 4.12. The number of carbonyl (C=O) groups excluding carboxylic acids is 1. The van der Waals surface area contributed by atoms with Crippen LogP contribution in [0.3, 0.4) is 0 Å². The normalized spacial score (nSPS) is 10.7. The van der Waals surface area contributed by atoms with Gasteiger partial charge in [-0.05, 0) is 41.8 Å². The maximum absolute atomic E-state index is 12.4. The first-order valence-electron chi connectivity index (χ1n) is 8.96. The summed E-state index contributed by atoms with van der Waals surface area (Å²) in [5, 5.41) is 2.92. The van der Waals surface area contributed by atoms with Gasteiger partial charge in [0, 0.05) is 12.1 Å². The van der Waals surface area contributed by atoms with Crippen LogP contribution in [0, 0.1) is 0 Å². The van der Waals surface area contributed by atoms with Gasteiger partial charge < -0.3 is 19.5 Å². The number of methoxy groups -OCH3 is 3. The number of nitrogens with one attached hydrogen (secondary N) is 1. The molecule has 5 heteroatoms. The maximum Gasteiger partial charge on any atom is 0.251 e. The number of ether oxygens (including phenoxy) is 3. The lowest BCUT2D eigenvalue weighted by Crippen LogP contribution is -2.22. The van der Waals surface area contributed by atoms with Crippen LogP contribution in [0.5, 0.6) is 17.2 Å². The summed E-state index contributed by atoms with van der Waals surface area (Å²) >= 11 is 0. The molecule has 2 aromatic carbocycles. The second kappa shape index (κ2) is 10.3. The van der Waals surface area contributed by atoms with E-state index in [1.165, 1.54) is 0 Å². The van der Waals surface area contributed by atoms with Gasteiger partial charge in [-0.1, -0.05) is 37.6 Å². The molecule has 0 saturated carbocycles. The van der Waals surface area contributed by atoms with Crippen LogP contribution in [-0.4, -0.2) is 27.2 Å². The van der Waals surface area contributed by atoms with Crippen LogP contribution < -0.4 is 19.5 Å². The highest BCUT2D eigenvalue weighted by Crippen LogP contribution is 2.38. The monoisotopic (exact) mass is 369 g/mol. The first-order chi connectivity index (χ1) is 13.1. The summed E-state index contributed by atoms with van der Waals surface area (Å²) < 4.78 is 16.0. The summed E-state index contributed by atoms with van der Waals surface area (Å²) in [5.41, 5.74) is 2.57. The molecule has 0 aliphatic heterocycles. The topological polar surface area (TPSA) is 56.8 Å². The number of benzene rings is 2. The van der Waals surface area contributed by atoms with Crippen molar-refractivity contribution < 1.29 is 19.0 Å². The zero-order valence-electron chi connectivity index (χ0n) is 16.4. The fourth-order valence-electron chi connectivity index (χ4n) is 2.65. The van der Waals surface area contributed by atoms with Crippen LogP contribution in [0.1, 0.15) is 41.3 Å². The van der Waals surface area contributed by atoms with Gasteiger partial charge in [-0.15, -0.1) is 0 Å². The van der Waals surface area contributed by atoms with Crippen molar-refractivity contribution in [3.63, 3.8) is 0 Å². The Kier molecular flexibility index (Phi) is 7.74. The van der Waals surface area contributed by atoms with E-state index >= 15 is 0 Å². The molecule has 0 heterocycles. The predicted octanol–water partition coefficient (Wildman–Crippen LogP) is 4.46. The Labute approximate surface area is 161 Å². The van der Waals surface area contributed by atoms with Crippen molar-refractivity contribution in [3.8, 4) is 17.2 Å². The molecule has 0 spiro atoms. The Bertz CT molecular complexity index is 756. The summed E-state index contributed by atoms with van der Waals surface area (Å²) in [5.74, 6) is 1.52. The molecule has 5 nitrogen and oxygen atoms in total. The summed E-state index contributed by atoms with van der Waals surface area (Å²) in [4.78, 5) is 12.4. The molecule has 0 aromatic heterocycles. The van der Waals surface area contributed by atoms with Gasteiger partial charge in [-0.25, -0.2) is 0 Å². The van der Waals surface area contributed by atoms with E-state index in [4.69, 9.17) is 14.2 Å². The zero-order valence-corrected chi connectivity index (χ0v) is 16.4. The number of unbranched alkanes of at least 4 members (excludes halogenated alkanes) is 1. The fraction of sp³-hybridized carbons (Fsp3) is 0.318. The van der Waals surface area contributed by atoms with Gasteiger partial charge in [-0.3, -0.25) is 4.79 Å². The Balaban J connectivity index is 2.04. The first kappa shape index (κ1) is 20.4. The molecule has 1 N–H and O–H groups in total. The van der Waals surface area contributed by atoms with Crippen molar-refractivity contribution in [1.29, 1.82) is 0 Å². The van der Waals surface area contributed by atoms with Crippen molar-refractivity contribution in [2.75, 3.05) is 21.3 Å². The molecule has 0 atom stereocenters. The third-order valence-corrected chi connectivity index (χ3v) is 4.12. The van der Waals surface area contributed by atoms with Gasteiger partial charge in [0.1, 0.15) is 0 Å². The van der Waals surface area contributed by atoms with E-state index in [2.05, 4.69) is 24.4 Å². The molecule has 1 amide bonds. The predicted molar refractivity (Wildman–Crippen MR) is 108 cm³/mol. The largest absolute Gasteiger partial charge is 0.493 e. The van der Waals surface area contributed by atoms with Crippen LogP contribution in [0.2, 0.25) is 0 Å². The van der Waals surface area contributed by atoms with E-state index in [1.807, 2.05) is 36.4 Å². The number of allylic oxidation sites excluding steroid dienone is 1. The lowest BCUT2D eigenvalue weighted by Gasteiger charge is -2.14. The molecule has 2 aromatic rings. The smallest absolute Gasteiger partial charge is 0.251 e. The molecule has 0 fully saturated rings. The molecule has 0 radical (unpaired) electrons. The molecule has 27 heavy (non-hydrogen) atoms. The number of hydrogen-bond donors (Lipinski definition) is 1. The summed E-state index contributed by atoms with van der Waals surface area (Å²) in [7, 11) is 4.69. The van der Waals surface area contributed by atoms with Crippen molar-refractivity contribution in [2.24, 2.45) is 0 Å². The van der Waals surface area contributed by atoms with Gasteiger partial charge in [0.15, 0.2) is 11.5 Å². The number of rotatable bonds is 9. The summed E-state index contributed by atoms with van der Waals surface area (Å²) in [6.07, 6.45) is 6.38. The van der Waals surface area contributed by atoms with Crippen LogP contribution in [-0.2, 0) is 6.54 Å². The van der Waals surface area contributed by atoms with Gasteiger partial charge in [-0.2, -0.15) is 0 Å². The van der Waals surface area contributed by atoms with Gasteiger partial charge in [0.25, 0.3) is 5.91 Å². The average Bonchev–Trinajstić information content (AvgIpc) is 2.71.